The van der Waals surface area contributed by atoms with Crippen LogP contribution in [0.1, 0.15) is 20.3 Å². The van der Waals surface area contributed by atoms with Gasteiger partial charge in [-0.1, -0.05) is 15.9 Å². The van der Waals surface area contributed by atoms with E-state index in [0.717, 1.165) is 0 Å². The fourth-order valence-electron chi connectivity index (χ4n) is 0.726. The molecule has 76 valence electrons. The van der Waals surface area contributed by atoms with Crippen molar-refractivity contribution in [2.75, 3.05) is 11.9 Å². The zero-order valence-electron chi connectivity index (χ0n) is 7.80. The number of hydrogen-bond donors (Lipinski definition) is 1. The van der Waals surface area contributed by atoms with Gasteiger partial charge in [0.2, 0.25) is 5.91 Å². The summed E-state index contributed by atoms with van der Waals surface area (Å²) in [6.07, 6.45) is 0.365. The van der Waals surface area contributed by atoms with Crippen molar-refractivity contribution < 1.29 is 14.3 Å². The fraction of sp³-hybridized carbons (Fsp3) is 0.750. The molecule has 13 heavy (non-hydrogen) atoms. The summed E-state index contributed by atoms with van der Waals surface area (Å²) in [6, 6.07) is -0.563. The minimum Gasteiger partial charge on any atom is -0.464 e. The van der Waals surface area contributed by atoms with Gasteiger partial charge in [0.1, 0.15) is 6.04 Å². The third-order valence-corrected chi connectivity index (χ3v) is 1.74. The molecule has 0 saturated carbocycles. The Kier molecular flexibility index (Phi) is 6.58. The molecule has 0 spiro atoms. The lowest BCUT2D eigenvalue weighted by atomic mass is 10.3. The second-order valence-corrected chi connectivity index (χ2v) is 3.27. The number of alkyl halides is 1. The number of rotatable bonds is 5. The number of ether oxygens (including phenoxy) is 1. The molecule has 0 aromatic heterocycles. The van der Waals surface area contributed by atoms with E-state index in [2.05, 4.69) is 21.2 Å². The van der Waals surface area contributed by atoms with Crippen LogP contribution < -0.4 is 5.32 Å². The standard InChI is InChI=1S/C8H14BrNO3/c1-3-13-8(12)6(2)10-7(11)4-5-9/h6H,3-5H2,1-2H3,(H,10,11). The van der Waals surface area contributed by atoms with Gasteiger partial charge in [-0.15, -0.1) is 0 Å². The molecule has 4 nitrogen and oxygen atoms in total. The molecule has 1 amide bonds. The van der Waals surface area contributed by atoms with E-state index in [4.69, 9.17) is 4.74 Å². The molecule has 0 rings (SSSR count). The second kappa shape index (κ2) is 6.88. The first-order valence-corrected chi connectivity index (χ1v) is 5.26. The van der Waals surface area contributed by atoms with Crippen molar-refractivity contribution in [2.24, 2.45) is 0 Å². The third kappa shape index (κ3) is 5.63. The van der Waals surface area contributed by atoms with Gasteiger partial charge in [-0.05, 0) is 13.8 Å². The molecule has 0 radical (unpaired) electrons. The number of carbonyl (C=O) groups excluding carboxylic acids is 2. The van der Waals surface area contributed by atoms with E-state index < -0.39 is 12.0 Å². The number of esters is 1. The Labute approximate surface area is 86.1 Å². The van der Waals surface area contributed by atoms with E-state index in [9.17, 15) is 9.59 Å². The molecule has 1 atom stereocenters. The van der Waals surface area contributed by atoms with Crippen molar-refractivity contribution in [3.05, 3.63) is 0 Å². The monoisotopic (exact) mass is 251 g/mol. The van der Waals surface area contributed by atoms with E-state index in [1.807, 2.05) is 0 Å². The van der Waals surface area contributed by atoms with Crippen LogP contribution in [0.15, 0.2) is 0 Å². The predicted molar refractivity (Wildman–Crippen MR) is 52.6 cm³/mol. The minimum absolute atomic E-state index is 0.155. The van der Waals surface area contributed by atoms with E-state index in [-0.39, 0.29) is 5.91 Å². The minimum atomic E-state index is -0.563. The van der Waals surface area contributed by atoms with Crippen LogP contribution in [0.5, 0.6) is 0 Å². The van der Waals surface area contributed by atoms with Gasteiger partial charge in [-0.3, -0.25) is 4.79 Å². The Hall–Kier alpha value is -0.580. The van der Waals surface area contributed by atoms with Gasteiger partial charge in [0.25, 0.3) is 0 Å². The van der Waals surface area contributed by atoms with Crippen molar-refractivity contribution in [3.63, 3.8) is 0 Å². The SMILES string of the molecule is CCOC(=O)C(C)NC(=O)CCBr. The lowest BCUT2D eigenvalue weighted by Crippen LogP contribution is -2.39. The molecule has 5 heteroatoms. The van der Waals surface area contributed by atoms with Gasteiger partial charge in [0, 0.05) is 11.8 Å². The van der Waals surface area contributed by atoms with Crippen molar-refractivity contribution in [1.82, 2.24) is 5.32 Å². The lowest BCUT2D eigenvalue weighted by molar-refractivity contribution is -0.146. The van der Waals surface area contributed by atoms with E-state index in [0.29, 0.717) is 18.4 Å². The highest BCUT2D eigenvalue weighted by atomic mass is 79.9. The maximum absolute atomic E-state index is 11.0. The largest absolute Gasteiger partial charge is 0.464 e. The van der Waals surface area contributed by atoms with Gasteiger partial charge in [0.15, 0.2) is 0 Å². The molecule has 0 aromatic carbocycles. The highest BCUT2D eigenvalue weighted by Gasteiger charge is 2.15. The van der Waals surface area contributed by atoms with Crippen molar-refractivity contribution in [2.45, 2.75) is 26.3 Å². The molecule has 1 unspecified atom stereocenters. The molecule has 0 heterocycles. The summed E-state index contributed by atoms with van der Waals surface area (Å²) in [5.74, 6) is -0.553. The average Bonchev–Trinajstić information content (AvgIpc) is 2.05. The van der Waals surface area contributed by atoms with Crippen LogP contribution in [0.2, 0.25) is 0 Å². The molecule has 0 aromatic rings. The van der Waals surface area contributed by atoms with Crippen LogP contribution in [0.25, 0.3) is 0 Å². The molecular weight excluding hydrogens is 238 g/mol. The van der Waals surface area contributed by atoms with Crippen LogP contribution in [0.3, 0.4) is 0 Å². The van der Waals surface area contributed by atoms with Crippen LogP contribution >= 0.6 is 15.9 Å². The van der Waals surface area contributed by atoms with Gasteiger partial charge in [0.05, 0.1) is 6.61 Å². The van der Waals surface area contributed by atoms with Crippen molar-refractivity contribution in [3.8, 4) is 0 Å². The molecule has 0 aliphatic heterocycles. The van der Waals surface area contributed by atoms with Crippen LogP contribution in [-0.2, 0) is 14.3 Å². The Morgan fingerprint density at radius 3 is 2.62 bits per heavy atom. The zero-order chi connectivity index (χ0) is 10.3. The Bertz CT molecular complexity index is 184. The summed E-state index contributed by atoms with van der Waals surface area (Å²) in [5.41, 5.74) is 0. The van der Waals surface area contributed by atoms with Crippen molar-refractivity contribution in [1.29, 1.82) is 0 Å². The smallest absolute Gasteiger partial charge is 0.328 e. The molecule has 0 fully saturated rings. The molecule has 0 aliphatic carbocycles. The Morgan fingerprint density at radius 1 is 1.54 bits per heavy atom. The summed E-state index contributed by atoms with van der Waals surface area (Å²) >= 11 is 3.13. The van der Waals surface area contributed by atoms with Gasteiger partial charge in [-0.2, -0.15) is 0 Å². The predicted octanol–water partition coefficient (Wildman–Crippen LogP) is 0.839. The van der Waals surface area contributed by atoms with Gasteiger partial charge < -0.3 is 10.1 Å². The number of carbonyl (C=O) groups is 2. The topological polar surface area (TPSA) is 55.4 Å². The van der Waals surface area contributed by atoms with Crippen molar-refractivity contribution >= 4 is 27.8 Å². The lowest BCUT2D eigenvalue weighted by Gasteiger charge is -2.11. The molecule has 0 bridgehead atoms. The summed E-state index contributed by atoms with van der Waals surface area (Å²) in [5, 5.41) is 3.11. The Morgan fingerprint density at radius 2 is 2.15 bits per heavy atom. The van der Waals surface area contributed by atoms with Gasteiger partial charge in [-0.25, -0.2) is 4.79 Å². The van der Waals surface area contributed by atoms with E-state index in [1.54, 1.807) is 13.8 Å². The maximum Gasteiger partial charge on any atom is 0.328 e. The van der Waals surface area contributed by atoms with Gasteiger partial charge >= 0.3 is 5.97 Å². The fourth-order valence-corrected chi connectivity index (χ4v) is 1.09. The first-order valence-electron chi connectivity index (χ1n) is 4.13. The van der Waals surface area contributed by atoms with E-state index in [1.165, 1.54) is 0 Å². The molecule has 1 N–H and O–H groups in total. The maximum atomic E-state index is 11.0. The highest BCUT2D eigenvalue weighted by molar-refractivity contribution is 9.09. The summed E-state index contributed by atoms with van der Waals surface area (Å²) in [4.78, 5) is 22.0. The first-order chi connectivity index (χ1) is 6.11. The molecular formula is C8H14BrNO3. The summed E-state index contributed by atoms with van der Waals surface area (Å²) < 4.78 is 4.72. The second-order valence-electron chi connectivity index (χ2n) is 2.48. The third-order valence-electron chi connectivity index (χ3n) is 1.34. The highest BCUT2D eigenvalue weighted by Crippen LogP contribution is 1.91. The van der Waals surface area contributed by atoms with Crippen LogP contribution in [-0.4, -0.2) is 29.9 Å². The average molecular weight is 252 g/mol. The number of amides is 1. The zero-order valence-corrected chi connectivity index (χ0v) is 9.39. The van der Waals surface area contributed by atoms with E-state index >= 15 is 0 Å². The number of nitrogens with one attached hydrogen (secondary N) is 1. The summed E-state index contributed by atoms with van der Waals surface area (Å²) in [6.45, 7) is 3.66. The summed E-state index contributed by atoms with van der Waals surface area (Å²) in [7, 11) is 0. The Balaban J connectivity index is 3.78. The van der Waals surface area contributed by atoms with Crippen LogP contribution in [0, 0.1) is 0 Å². The first kappa shape index (κ1) is 12.4. The quantitative estimate of drug-likeness (QED) is 0.582. The molecule has 0 aliphatic rings. The van der Waals surface area contributed by atoms with Crippen LogP contribution in [0.4, 0.5) is 0 Å². The number of halogens is 1. The molecule has 0 saturated heterocycles. The number of hydrogen-bond acceptors (Lipinski definition) is 3. The normalized spacial score (nSPS) is 11.9.